The molecule has 0 bridgehead atoms. The smallest absolute Gasteiger partial charge is 0.164 e. The predicted molar refractivity (Wildman–Crippen MR) is 182 cm³/mol. The van der Waals surface area contributed by atoms with Gasteiger partial charge in [-0.2, -0.15) is 0 Å². The van der Waals surface area contributed by atoms with Crippen LogP contribution in [0.2, 0.25) is 0 Å². The third-order valence-corrected chi connectivity index (χ3v) is 8.06. The number of furan rings is 1. The molecular weight excluding hydrogens is 554 g/mol. The highest BCUT2D eigenvalue weighted by Gasteiger charge is 2.17. The summed E-state index contributed by atoms with van der Waals surface area (Å²) >= 11 is 0. The van der Waals surface area contributed by atoms with Gasteiger partial charge in [-0.15, -0.1) is 0 Å². The maximum Gasteiger partial charge on any atom is 0.164 e. The molecule has 5 nitrogen and oxygen atoms in total. The zero-order chi connectivity index (χ0) is 30.2. The zero-order valence-corrected chi connectivity index (χ0v) is 24.5. The second kappa shape index (κ2) is 11.2. The standard InChI is InChI=1S/C40H27N3O2/c1-44-23-22-27-11-7-8-15-32(27)33-16-9-17-36-37(33)34-25-31(20-21-35(34)45-36)40-42-38(28-12-3-2-4-13-28)41-39(43-40)30-19-18-26-10-5-6-14-29(26)24-30/h2-25H,1H3. The van der Waals surface area contributed by atoms with Crippen molar-refractivity contribution in [1.29, 1.82) is 0 Å². The van der Waals surface area contributed by atoms with E-state index in [1.165, 1.54) is 5.39 Å². The summed E-state index contributed by atoms with van der Waals surface area (Å²) in [7, 11) is 1.65. The second-order valence-corrected chi connectivity index (χ2v) is 10.9. The number of benzene rings is 6. The highest BCUT2D eigenvalue weighted by molar-refractivity contribution is 6.13. The van der Waals surface area contributed by atoms with Gasteiger partial charge < -0.3 is 9.15 Å². The summed E-state index contributed by atoms with van der Waals surface area (Å²) in [6.45, 7) is 0. The van der Waals surface area contributed by atoms with E-state index in [1.54, 1.807) is 13.4 Å². The van der Waals surface area contributed by atoms with Crippen LogP contribution >= 0.6 is 0 Å². The fourth-order valence-corrected chi connectivity index (χ4v) is 5.90. The topological polar surface area (TPSA) is 61.0 Å². The molecule has 0 unspecified atom stereocenters. The third-order valence-electron chi connectivity index (χ3n) is 8.06. The first-order chi connectivity index (χ1) is 22.2. The van der Waals surface area contributed by atoms with Crippen LogP contribution in [0.4, 0.5) is 0 Å². The number of methoxy groups -OCH3 is 1. The minimum Gasteiger partial charge on any atom is -0.504 e. The molecule has 0 atom stereocenters. The van der Waals surface area contributed by atoms with Gasteiger partial charge in [-0.05, 0) is 63.9 Å². The average molecular weight is 582 g/mol. The number of rotatable bonds is 6. The molecule has 5 heteroatoms. The van der Waals surface area contributed by atoms with Crippen LogP contribution in [0.3, 0.4) is 0 Å². The molecule has 0 N–H and O–H groups in total. The van der Waals surface area contributed by atoms with Gasteiger partial charge in [-0.1, -0.05) is 103 Å². The zero-order valence-electron chi connectivity index (χ0n) is 24.5. The van der Waals surface area contributed by atoms with Crippen molar-refractivity contribution in [2.45, 2.75) is 0 Å². The van der Waals surface area contributed by atoms with Crippen LogP contribution < -0.4 is 0 Å². The van der Waals surface area contributed by atoms with Crippen molar-refractivity contribution in [2.75, 3.05) is 7.11 Å². The number of hydrogen-bond acceptors (Lipinski definition) is 5. The Morgan fingerprint density at radius 2 is 1.20 bits per heavy atom. The summed E-state index contributed by atoms with van der Waals surface area (Å²) in [6.07, 6.45) is 3.68. The van der Waals surface area contributed by atoms with Gasteiger partial charge in [0.15, 0.2) is 17.5 Å². The fraction of sp³-hybridized carbons (Fsp3) is 0.0250. The molecule has 45 heavy (non-hydrogen) atoms. The normalized spacial score (nSPS) is 11.6. The molecular formula is C40H27N3O2. The monoisotopic (exact) mass is 581 g/mol. The van der Waals surface area contributed by atoms with Crippen molar-refractivity contribution in [3.63, 3.8) is 0 Å². The van der Waals surface area contributed by atoms with Crippen LogP contribution in [0.5, 0.6) is 0 Å². The molecule has 0 aliphatic carbocycles. The minimum absolute atomic E-state index is 0.601. The van der Waals surface area contributed by atoms with Crippen molar-refractivity contribution >= 4 is 38.8 Å². The summed E-state index contributed by atoms with van der Waals surface area (Å²) in [6, 6.07) is 45.3. The Hall–Kier alpha value is -6.07. The van der Waals surface area contributed by atoms with E-state index >= 15 is 0 Å². The molecule has 8 aromatic rings. The summed E-state index contributed by atoms with van der Waals surface area (Å²) in [4.78, 5) is 15.0. The first kappa shape index (κ1) is 26.5. The molecule has 0 fully saturated rings. The summed E-state index contributed by atoms with van der Waals surface area (Å²) < 4.78 is 11.6. The SMILES string of the molecule is COC=Cc1ccccc1-c1cccc2oc3ccc(-c4nc(-c5ccccc5)nc(-c5ccc6ccccc6c5)n4)cc3c12. The predicted octanol–water partition coefficient (Wildman–Crippen LogP) is 10.2. The van der Waals surface area contributed by atoms with Crippen molar-refractivity contribution in [3.8, 4) is 45.3 Å². The number of ether oxygens (including phenoxy) is 1. The van der Waals surface area contributed by atoms with Crippen LogP contribution in [0, 0.1) is 0 Å². The van der Waals surface area contributed by atoms with Crippen LogP contribution in [0.25, 0.3) is 84.1 Å². The molecule has 6 aromatic carbocycles. The highest BCUT2D eigenvalue weighted by atomic mass is 16.5. The summed E-state index contributed by atoms with van der Waals surface area (Å²) in [5.74, 6) is 1.85. The van der Waals surface area contributed by atoms with E-state index in [4.69, 9.17) is 24.1 Å². The molecule has 0 aliphatic heterocycles. The quantitative estimate of drug-likeness (QED) is 0.183. The van der Waals surface area contributed by atoms with E-state index in [1.807, 2.05) is 78.9 Å². The Bertz CT molecular complexity index is 2370. The van der Waals surface area contributed by atoms with E-state index in [2.05, 4.69) is 60.7 Å². The van der Waals surface area contributed by atoms with E-state index < -0.39 is 0 Å². The van der Waals surface area contributed by atoms with Crippen molar-refractivity contribution < 1.29 is 9.15 Å². The number of aromatic nitrogens is 3. The molecule has 2 aromatic heterocycles. The van der Waals surface area contributed by atoms with E-state index in [0.717, 1.165) is 60.7 Å². The van der Waals surface area contributed by atoms with Crippen molar-refractivity contribution in [3.05, 3.63) is 145 Å². The molecule has 0 radical (unpaired) electrons. The van der Waals surface area contributed by atoms with Crippen LogP contribution in [-0.4, -0.2) is 22.1 Å². The maximum absolute atomic E-state index is 6.36. The first-order valence-corrected chi connectivity index (χ1v) is 14.8. The molecule has 0 amide bonds. The van der Waals surface area contributed by atoms with Gasteiger partial charge >= 0.3 is 0 Å². The van der Waals surface area contributed by atoms with Crippen LogP contribution in [-0.2, 0) is 4.74 Å². The van der Waals surface area contributed by atoms with Gasteiger partial charge in [0, 0.05) is 27.5 Å². The largest absolute Gasteiger partial charge is 0.504 e. The van der Waals surface area contributed by atoms with Gasteiger partial charge in [0.25, 0.3) is 0 Å². The summed E-state index contributed by atoms with van der Waals surface area (Å²) in [5.41, 5.74) is 7.61. The molecule has 0 spiro atoms. The lowest BCUT2D eigenvalue weighted by atomic mass is 9.95. The summed E-state index contributed by atoms with van der Waals surface area (Å²) in [5, 5.41) is 4.35. The molecule has 8 rings (SSSR count). The lowest BCUT2D eigenvalue weighted by molar-refractivity contribution is 0.341. The Morgan fingerprint density at radius 3 is 2.02 bits per heavy atom. The lowest BCUT2D eigenvalue weighted by Gasteiger charge is -2.10. The van der Waals surface area contributed by atoms with E-state index in [-0.39, 0.29) is 0 Å². The van der Waals surface area contributed by atoms with Gasteiger partial charge in [0.1, 0.15) is 11.2 Å². The lowest BCUT2D eigenvalue weighted by Crippen LogP contribution is -2.00. The Balaban J connectivity index is 1.33. The Labute approximate surface area is 260 Å². The van der Waals surface area contributed by atoms with Crippen LogP contribution in [0.15, 0.2) is 144 Å². The van der Waals surface area contributed by atoms with Crippen LogP contribution in [0.1, 0.15) is 5.56 Å². The second-order valence-electron chi connectivity index (χ2n) is 10.9. The van der Waals surface area contributed by atoms with Crippen molar-refractivity contribution in [1.82, 2.24) is 15.0 Å². The third kappa shape index (κ3) is 4.90. The van der Waals surface area contributed by atoms with E-state index in [9.17, 15) is 0 Å². The molecule has 0 aliphatic rings. The maximum atomic E-state index is 6.36. The average Bonchev–Trinajstić information content (AvgIpc) is 3.49. The van der Waals surface area contributed by atoms with Gasteiger partial charge in [-0.25, -0.2) is 15.0 Å². The van der Waals surface area contributed by atoms with E-state index in [0.29, 0.717) is 17.5 Å². The number of nitrogens with zero attached hydrogens (tertiary/aromatic N) is 3. The number of fused-ring (bicyclic) bond motifs is 4. The molecule has 0 saturated heterocycles. The first-order valence-electron chi connectivity index (χ1n) is 14.8. The fourth-order valence-electron chi connectivity index (χ4n) is 5.90. The minimum atomic E-state index is 0.601. The Morgan fingerprint density at radius 1 is 0.533 bits per heavy atom. The molecule has 0 saturated carbocycles. The number of hydrogen-bond donors (Lipinski definition) is 0. The van der Waals surface area contributed by atoms with Crippen molar-refractivity contribution in [2.24, 2.45) is 0 Å². The molecule has 2 heterocycles. The van der Waals surface area contributed by atoms with Gasteiger partial charge in [0.2, 0.25) is 0 Å². The van der Waals surface area contributed by atoms with Gasteiger partial charge in [-0.3, -0.25) is 0 Å². The Kier molecular flexibility index (Phi) is 6.61. The van der Waals surface area contributed by atoms with Gasteiger partial charge in [0.05, 0.1) is 13.4 Å². The molecule has 214 valence electrons. The highest BCUT2D eigenvalue weighted by Crippen LogP contribution is 2.39.